The molecule has 26 heavy (non-hydrogen) atoms. The van der Waals surface area contributed by atoms with Crippen LogP contribution in [0.1, 0.15) is 37.0 Å². The number of nitrogens with zero attached hydrogens (tertiary/aromatic N) is 1. The van der Waals surface area contributed by atoms with Crippen LogP contribution in [0.25, 0.3) is 0 Å². The van der Waals surface area contributed by atoms with Gasteiger partial charge in [0.25, 0.3) is 5.91 Å². The summed E-state index contributed by atoms with van der Waals surface area (Å²) in [6, 6.07) is 9.23. The Hall–Kier alpha value is -1.92. The molecule has 1 saturated heterocycles. The standard InChI is InChI=1S/C20H31N3O3/c1-3-16(4-2)18(23-10-12-26-13-11-23)14-21-19(24)15-22-20(25)17-8-6-5-7-9-17/h5-9,16,18H,3-4,10-15H2,1-2H3,(H,21,24)(H,22,25)/t18-/m1/s1. The molecule has 1 atom stereocenters. The van der Waals surface area contributed by atoms with E-state index < -0.39 is 0 Å². The summed E-state index contributed by atoms with van der Waals surface area (Å²) >= 11 is 0. The second-order valence-corrected chi connectivity index (χ2v) is 6.65. The summed E-state index contributed by atoms with van der Waals surface area (Å²) in [7, 11) is 0. The van der Waals surface area contributed by atoms with E-state index in [1.165, 1.54) is 0 Å². The Kier molecular flexibility index (Phi) is 8.58. The number of hydrogen-bond acceptors (Lipinski definition) is 4. The van der Waals surface area contributed by atoms with Crippen LogP contribution in [-0.4, -0.2) is 62.1 Å². The molecule has 0 saturated carbocycles. The molecule has 0 aromatic heterocycles. The third-order valence-corrected chi connectivity index (χ3v) is 5.06. The maximum atomic E-state index is 12.2. The molecule has 0 aliphatic carbocycles. The minimum Gasteiger partial charge on any atom is -0.379 e. The van der Waals surface area contributed by atoms with Crippen molar-refractivity contribution in [2.24, 2.45) is 5.92 Å². The highest BCUT2D eigenvalue weighted by atomic mass is 16.5. The lowest BCUT2D eigenvalue weighted by Crippen LogP contribution is -2.52. The second kappa shape index (κ2) is 10.9. The molecule has 2 rings (SSSR count). The monoisotopic (exact) mass is 361 g/mol. The van der Waals surface area contributed by atoms with Crippen LogP contribution in [0.15, 0.2) is 30.3 Å². The van der Waals surface area contributed by atoms with Gasteiger partial charge in [0, 0.05) is 31.2 Å². The van der Waals surface area contributed by atoms with Gasteiger partial charge in [0.15, 0.2) is 0 Å². The van der Waals surface area contributed by atoms with E-state index in [1.54, 1.807) is 24.3 Å². The average molecular weight is 361 g/mol. The van der Waals surface area contributed by atoms with E-state index in [0.717, 1.165) is 39.1 Å². The number of carbonyl (C=O) groups excluding carboxylic acids is 2. The number of carbonyl (C=O) groups is 2. The molecule has 0 radical (unpaired) electrons. The number of morpholine rings is 1. The molecule has 1 fully saturated rings. The van der Waals surface area contributed by atoms with Crippen molar-refractivity contribution in [3.05, 3.63) is 35.9 Å². The van der Waals surface area contributed by atoms with Gasteiger partial charge in [0.05, 0.1) is 19.8 Å². The molecule has 1 aromatic carbocycles. The summed E-state index contributed by atoms with van der Waals surface area (Å²) < 4.78 is 5.45. The minimum atomic E-state index is -0.231. The van der Waals surface area contributed by atoms with Gasteiger partial charge in [-0.3, -0.25) is 14.5 Å². The first-order valence-electron chi connectivity index (χ1n) is 9.57. The fraction of sp³-hybridized carbons (Fsp3) is 0.600. The molecule has 6 heteroatoms. The van der Waals surface area contributed by atoms with Gasteiger partial charge >= 0.3 is 0 Å². The predicted molar refractivity (Wildman–Crippen MR) is 102 cm³/mol. The highest BCUT2D eigenvalue weighted by Gasteiger charge is 2.27. The Balaban J connectivity index is 1.82. The number of rotatable bonds is 9. The van der Waals surface area contributed by atoms with Crippen LogP contribution in [0.4, 0.5) is 0 Å². The fourth-order valence-corrected chi connectivity index (χ4v) is 3.47. The molecule has 2 N–H and O–H groups in total. The Morgan fingerprint density at radius 3 is 2.35 bits per heavy atom. The summed E-state index contributed by atoms with van der Waals surface area (Å²) in [5.74, 6) is 0.149. The van der Waals surface area contributed by atoms with E-state index >= 15 is 0 Å². The largest absolute Gasteiger partial charge is 0.379 e. The fourth-order valence-electron chi connectivity index (χ4n) is 3.47. The van der Waals surface area contributed by atoms with Gasteiger partial charge in [-0.15, -0.1) is 0 Å². The average Bonchev–Trinajstić information content (AvgIpc) is 2.70. The van der Waals surface area contributed by atoms with Crippen molar-refractivity contribution in [1.29, 1.82) is 0 Å². The summed E-state index contributed by atoms with van der Waals surface area (Å²) in [6.45, 7) is 8.30. The quantitative estimate of drug-likeness (QED) is 0.702. The first-order valence-corrected chi connectivity index (χ1v) is 9.57. The lowest BCUT2D eigenvalue weighted by molar-refractivity contribution is -0.120. The SMILES string of the molecule is CCC(CC)[C@@H](CNC(=O)CNC(=O)c1ccccc1)N1CCOCC1. The second-order valence-electron chi connectivity index (χ2n) is 6.65. The Bertz CT molecular complexity index is 555. The van der Waals surface area contributed by atoms with Crippen molar-refractivity contribution < 1.29 is 14.3 Å². The van der Waals surface area contributed by atoms with Crippen LogP contribution in [0.5, 0.6) is 0 Å². The van der Waals surface area contributed by atoms with E-state index in [4.69, 9.17) is 4.74 Å². The van der Waals surface area contributed by atoms with E-state index in [1.807, 2.05) is 6.07 Å². The molecule has 1 aliphatic heterocycles. The van der Waals surface area contributed by atoms with Crippen molar-refractivity contribution in [3.8, 4) is 0 Å². The Morgan fingerprint density at radius 1 is 1.08 bits per heavy atom. The molecule has 0 spiro atoms. The van der Waals surface area contributed by atoms with Crippen LogP contribution >= 0.6 is 0 Å². The number of hydrogen-bond donors (Lipinski definition) is 2. The van der Waals surface area contributed by atoms with Crippen molar-refractivity contribution in [1.82, 2.24) is 15.5 Å². The van der Waals surface area contributed by atoms with Crippen molar-refractivity contribution in [2.45, 2.75) is 32.7 Å². The van der Waals surface area contributed by atoms with E-state index in [0.29, 0.717) is 24.1 Å². The van der Waals surface area contributed by atoms with Crippen LogP contribution in [0.3, 0.4) is 0 Å². The Morgan fingerprint density at radius 2 is 1.73 bits per heavy atom. The zero-order chi connectivity index (χ0) is 18.8. The summed E-state index contributed by atoms with van der Waals surface area (Å²) in [5.41, 5.74) is 0.559. The highest BCUT2D eigenvalue weighted by molar-refractivity contribution is 5.96. The van der Waals surface area contributed by atoms with E-state index in [9.17, 15) is 9.59 Å². The van der Waals surface area contributed by atoms with Crippen LogP contribution < -0.4 is 10.6 Å². The molecule has 6 nitrogen and oxygen atoms in total. The summed E-state index contributed by atoms with van der Waals surface area (Å²) in [5, 5.41) is 5.67. The number of nitrogens with one attached hydrogen (secondary N) is 2. The lowest BCUT2D eigenvalue weighted by Gasteiger charge is -2.38. The maximum Gasteiger partial charge on any atom is 0.251 e. The van der Waals surface area contributed by atoms with Gasteiger partial charge in [-0.2, -0.15) is 0 Å². The first kappa shape index (κ1) is 20.4. The van der Waals surface area contributed by atoms with Gasteiger partial charge in [-0.1, -0.05) is 44.9 Å². The normalized spacial score (nSPS) is 16.3. The summed E-state index contributed by atoms with van der Waals surface area (Å²) in [6.07, 6.45) is 2.16. The zero-order valence-corrected chi connectivity index (χ0v) is 15.9. The van der Waals surface area contributed by atoms with E-state index in [-0.39, 0.29) is 18.4 Å². The molecule has 0 unspecified atom stereocenters. The number of amides is 2. The third-order valence-electron chi connectivity index (χ3n) is 5.06. The zero-order valence-electron chi connectivity index (χ0n) is 15.9. The highest BCUT2D eigenvalue weighted by Crippen LogP contribution is 2.19. The Labute approximate surface area is 156 Å². The van der Waals surface area contributed by atoms with Gasteiger partial charge in [-0.05, 0) is 18.1 Å². The minimum absolute atomic E-state index is 0.00746. The van der Waals surface area contributed by atoms with Crippen molar-refractivity contribution in [2.75, 3.05) is 39.4 Å². The molecular formula is C20H31N3O3. The molecule has 0 bridgehead atoms. The van der Waals surface area contributed by atoms with Crippen LogP contribution in [-0.2, 0) is 9.53 Å². The topological polar surface area (TPSA) is 70.7 Å². The van der Waals surface area contributed by atoms with Crippen molar-refractivity contribution in [3.63, 3.8) is 0 Å². The molecule has 1 aromatic rings. The van der Waals surface area contributed by atoms with Crippen LogP contribution in [0, 0.1) is 5.92 Å². The van der Waals surface area contributed by atoms with Crippen LogP contribution in [0.2, 0.25) is 0 Å². The molecule has 1 aliphatic rings. The molecule has 144 valence electrons. The maximum absolute atomic E-state index is 12.2. The van der Waals surface area contributed by atoms with E-state index in [2.05, 4.69) is 29.4 Å². The number of ether oxygens (including phenoxy) is 1. The predicted octanol–water partition coefficient (Wildman–Crippen LogP) is 1.67. The third kappa shape index (κ3) is 6.11. The van der Waals surface area contributed by atoms with Crippen molar-refractivity contribution >= 4 is 11.8 Å². The van der Waals surface area contributed by atoms with Gasteiger partial charge in [0.2, 0.25) is 5.91 Å². The molecule has 1 heterocycles. The molecule has 2 amide bonds. The smallest absolute Gasteiger partial charge is 0.251 e. The summed E-state index contributed by atoms with van der Waals surface area (Å²) in [4.78, 5) is 26.6. The van der Waals surface area contributed by atoms with Gasteiger partial charge < -0.3 is 15.4 Å². The van der Waals surface area contributed by atoms with Gasteiger partial charge in [0.1, 0.15) is 0 Å². The van der Waals surface area contributed by atoms with Gasteiger partial charge in [-0.25, -0.2) is 0 Å². The first-order chi connectivity index (χ1) is 12.7. The lowest BCUT2D eigenvalue weighted by atomic mass is 9.92. The molecular weight excluding hydrogens is 330 g/mol. The number of benzene rings is 1.